The maximum absolute atomic E-state index is 13.6. The molecule has 1 fully saturated rings. The zero-order valence-corrected chi connectivity index (χ0v) is 22.2. The molecule has 1 aliphatic rings. The Morgan fingerprint density at radius 2 is 1.89 bits per heavy atom. The Bertz CT molecular complexity index is 1290. The molecule has 1 atom stereocenters. The van der Waals surface area contributed by atoms with Crippen molar-refractivity contribution in [1.29, 1.82) is 0 Å². The lowest BCUT2D eigenvalue weighted by molar-refractivity contribution is -0.143. The molecule has 0 radical (unpaired) electrons. The summed E-state index contributed by atoms with van der Waals surface area (Å²) in [5.41, 5.74) is 3.55. The highest BCUT2D eigenvalue weighted by Gasteiger charge is 2.43. The first kappa shape index (κ1) is 26.4. The average Bonchev–Trinajstić information content (AvgIpc) is 3.30. The van der Waals surface area contributed by atoms with Gasteiger partial charge >= 0.3 is 18.0 Å². The van der Waals surface area contributed by atoms with Gasteiger partial charge in [-0.2, -0.15) is 0 Å². The number of carbonyl (C=O) groups is 3. The van der Waals surface area contributed by atoms with Crippen LogP contribution in [-0.4, -0.2) is 57.3 Å². The normalized spacial score (nSPS) is 16.2. The van der Waals surface area contributed by atoms with E-state index in [2.05, 4.69) is 24.1 Å². The number of hydrazine groups is 1. The monoisotopic (exact) mass is 524 g/mol. The number of anilines is 1. The maximum atomic E-state index is 13.6. The number of aromatic nitrogens is 1. The molecule has 3 N–H and O–H groups in total. The number of ether oxygens (including phenoxy) is 1. The van der Waals surface area contributed by atoms with Gasteiger partial charge in [-0.1, -0.05) is 43.7 Å². The van der Waals surface area contributed by atoms with Crippen molar-refractivity contribution in [2.45, 2.75) is 52.9 Å². The summed E-state index contributed by atoms with van der Waals surface area (Å²) in [4.78, 5) is 45.7. The van der Waals surface area contributed by atoms with E-state index in [9.17, 15) is 14.4 Å². The number of nitrogens with one attached hydrogen (secondary N) is 1. The topological polar surface area (TPSA) is 121 Å². The average molecular weight is 525 g/mol. The molecule has 196 valence electrons. The number of carbonyl (C=O) groups excluding carboxylic acids is 3. The molecule has 4 amide bonds. The smallest absolute Gasteiger partial charge is 0.345 e. The number of benzene rings is 2. The number of esters is 1. The summed E-state index contributed by atoms with van der Waals surface area (Å²) in [6, 6.07) is 12.2. The lowest BCUT2D eigenvalue weighted by atomic mass is 10.1. The maximum Gasteiger partial charge on any atom is 0.345 e. The second-order valence-corrected chi connectivity index (χ2v) is 10.3. The van der Waals surface area contributed by atoms with Crippen LogP contribution < -0.4 is 11.2 Å². The third-order valence-electron chi connectivity index (χ3n) is 6.00. The molecular formula is C26H32N6O4S. The van der Waals surface area contributed by atoms with Crippen LogP contribution in [0.3, 0.4) is 0 Å². The highest BCUT2D eigenvalue weighted by Crippen LogP contribution is 2.30. The van der Waals surface area contributed by atoms with Crippen LogP contribution in [0.1, 0.15) is 49.2 Å². The number of aryl methyl sites for hydroxylation is 1. The van der Waals surface area contributed by atoms with E-state index in [1.807, 2.05) is 49.4 Å². The number of thiazole rings is 1. The van der Waals surface area contributed by atoms with Gasteiger partial charge in [0.25, 0.3) is 0 Å². The molecule has 10 nitrogen and oxygen atoms in total. The molecule has 0 bridgehead atoms. The van der Waals surface area contributed by atoms with Crippen LogP contribution in [0.2, 0.25) is 0 Å². The van der Waals surface area contributed by atoms with Crippen molar-refractivity contribution >= 4 is 45.3 Å². The van der Waals surface area contributed by atoms with E-state index in [1.54, 1.807) is 18.3 Å². The Hall–Kier alpha value is -3.70. The Balaban J connectivity index is 1.62. The van der Waals surface area contributed by atoms with Crippen LogP contribution in [0.5, 0.6) is 0 Å². The third-order valence-corrected chi connectivity index (χ3v) is 7.32. The van der Waals surface area contributed by atoms with E-state index >= 15 is 0 Å². The van der Waals surface area contributed by atoms with Gasteiger partial charge < -0.3 is 10.1 Å². The Morgan fingerprint density at radius 1 is 1.16 bits per heavy atom. The minimum atomic E-state index is -0.949. The lowest BCUT2D eigenvalue weighted by Gasteiger charge is -2.45. The first-order valence-corrected chi connectivity index (χ1v) is 13.0. The standard InChI is InChI=1S/C26H32N6O4S/c1-5-36-22(33)12-13-30-25(34)31(15-18-8-6-17(4)7-9-18)24(32(27)26(30)35)28-19-10-11-20-21(14-19)37-23(29-20)16(2)3/h6-11,14,16,24,28H,5,12-13,15,27H2,1-4H3. The summed E-state index contributed by atoms with van der Waals surface area (Å²) >= 11 is 1.61. The fraction of sp³-hybridized carbons (Fsp3) is 0.385. The van der Waals surface area contributed by atoms with Crippen LogP contribution >= 0.6 is 11.3 Å². The second kappa shape index (κ2) is 11.1. The van der Waals surface area contributed by atoms with E-state index in [-0.39, 0.29) is 26.1 Å². The minimum absolute atomic E-state index is 0.115. The Morgan fingerprint density at radius 3 is 2.57 bits per heavy atom. The van der Waals surface area contributed by atoms with Crippen molar-refractivity contribution in [2.24, 2.45) is 5.84 Å². The number of nitrogens with two attached hydrogens (primary N) is 1. The summed E-state index contributed by atoms with van der Waals surface area (Å²) in [5, 5.41) is 5.27. The second-order valence-electron chi connectivity index (χ2n) is 9.20. The number of urea groups is 2. The first-order valence-electron chi connectivity index (χ1n) is 12.2. The van der Waals surface area contributed by atoms with Crippen LogP contribution in [0.25, 0.3) is 10.2 Å². The van der Waals surface area contributed by atoms with Crippen molar-refractivity contribution in [3.8, 4) is 0 Å². The molecule has 3 aromatic rings. The summed E-state index contributed by atoms with van der Waals surface area (Å²) < 4.78 is 5.94. The quantitative estimate of drug-likeness (QED) is 0.238. The summed E-state index contributed by atoms with van der Waals surface area (Å²) in [6.07, 6.45) is -1.06. The van der Waals surface area contributed by atoms with Gasteiger partial charge in [0.05, 0.1) is 34.8 Å². The fourth-order valence-corrected chi connectivity index (χ4v) is 4.99. The van der Waals surface area contributed by atoms with Gasteiger partial charge in [-0.3, -0.25) is 9.69 Å². The van der Waals surface area contributed by atoms with Crippen molar-refractivity contribution in [3.05, 3.63) is 58.6 Å². The van der Waals surface area contributed by atoms with Crippen molar-refractivity contribution < 1.29 is 19.1 Å². The van der Waals surface area contributed by atoms with E-state index in [1.165, 1.54) is 4.90 Å². The van der Waals surface area contributed by atoms with E-state index in [0.29, 0.717) is 11.6 Å². The lowest BCUT2D eigenvalue weighted by Crippen LogP contribution is -2.70. The van der Waals surface area contributed by atoms with E-state index in [0.717, 1.165) is 36.3 Å². The van der Waals surface area contributed by atoms with Crippen molar-refractivity contribution in [3.63, 3.8) is 0 Å². The molecule has 1 aliphatic heterocycles. The van der Waals surface area contributed by atoms with E-state index in [4.69, 9.17) is 10.6 Å². The Labute approximate surface area is 220 Å². The summed E-state index contributed by atoms with van der Waals surface area (Å²) in [5.74, 6) is 6.09. The first-order chi connectivity index (χ1) is 17.7. The molecule has 4 rings (SSSR count). The van der Waals surface area contributed by atoms with Crippen LogP contribution in [-0.2, 0) is 16.1 Å². The molecule has 2 aromatic carbocycles. The number of hydrogen-bond acceptors (Lipinski definition) is 8. The number of nitrogens with zero attached hydrogens (tertiary/aromatic N) is 4. The number of amides is 4. The number of fused-ring (bicyclic) bond motifs is 1. The van der Waals surface area contributed by atoms with Gasteiger partial charge in [-0.15, -0.1) is 11.3 Å². The van der Waals surface area contributed by atoms with Crippen LogP contribution in [0.4, 0.5) is 15.3 Å². The zero-order chi connectivity index (χ0) is 26.7. The van der Waals surface area contributed by atoms with Gasteiger partial charge in [0, 0.05) is 18.2 Å². The predicted octanol–water partition coefficient (Wildman–Crippen LogP) is 4.61. The molecule has 11 heteroatoms. The SMILES string of the molecule is CCOC(=O)CCN1C(=O)N(N)C(Nc2ccc3nc(C(C)C)sc3c2)N(Cc2ccc(C)cc2)C1=O. The van der Waals surface area contributed by atoms with Crippen LogP contribution in [0, 0.1) is 6.92 Å². The fourth-order valence-electron chi connectivity index (χ4n) is 3.98. The highest BCUT2D eigenvalue weighted by molar-refractivity contribution is 7.18. The van der Waals surface area contributed by atoms with Gasteiger partial charge in [0.15, 0.2) is 0 Å². The Kier molecular flexibility index (Phi) is 7.94. The molecule has 2 heterocycles. The zero-order valence-electron chi connectivity index (χ0n) is 21.4. The third kappa shape index (κ3) is 5.83. The molecule has 1 aromatic heterocycles. The van der Waals surface area contributed by atoms with Gasteiger partial charge in [-0.25, -0.2) is 30.3 Å². The molecular weight excluding hydrogens is 492 g/mol. The molecule has 0 aliphatic carbocycles. The molecule has 0 saturated carbocycles. The largest absolute Gasteiger partial charge is 0.466 e. The van der Waals surface area contributed by atoms with E-state index < -0.39 is 24.3 Å². The van der Waals surface area contributed by atoms with Crippen molar-refractivity contribution in [2.75, 3.05) is 18.5 Å². The molecule has 37 heavy (non-hydrogen) atoms. The van der Waals surface area contributed by atoms with Gasteiger partial charge in [0.2, 0.25) is 6.29 Å². The number of rotatable bonds is 9. The molecule has 1 saturated heterocycles. The summed E-state index contributed by atoms with van der Waals surface area (Å²) in [7, 11) is 0. The number of imide groups is 1. The highest BCUT2D eigenvalue weighted by atomic mass is 32.1. The number of hydrogen-bond donors (Lipinski definition) is 2. The van der Waals surface area contributed by atoms with Crippen LogP contribution in [0.15, 0.2) is 42.5 Å². The van der Waals surface area contributed by atoms with Crippen molar-refractivity contribution in [1.82, 2.24) is 19.8 Å². The minimum Gasteiger partial charge on any atom is -0.466 e. The predicted molar refractivity (Wildman–Crippen MR) is 143 cm³/mol. The van der Waals surface area contributed by atoms with Gasteiger partial charge in [-0.05, 0) is 37.6 Å². The summed E-state index contributed by atoms with van der Waals surface area (Å²) in [6.45, 7) is 8.16. The molecule has 1 unspecified atom stereocenters. The molecule has 0 spiro atoms. The van der Waals surface area contributed by atoms with Gasteiger partial charge in [0.1, 0.15) is 0 Å².